The summed E-state index contributed by atoms with van der Waals surface area (Å²) in [6, 6.07) is 11.6. The first-order valence-electron chi connectivity index (χ1n) is 8.76. The molecule has 0 spiro atoms. The molecule has 2 aromatic carbocycles. The molecule has 1 fully saturated rings. The SMILES string of the molecule is CN(CC(=O)Nc1ccc(Cl)c(Cl)c1)C(=O)c1cccc(N2CCCC2=O)c1. The van der Waals surface area contributed by atoms with E-state index in [1.807, 2.05) is 0 Å². The molecule has 2 aromatic rings. The van der Waals surface area contributed by atoms with Crippen molar-refractivity contribution in [1.82, 2.24) is 4.90 Å². The smallest absolute Gasteiger partial charge is 0.254 e. The van der Waals surface area contributed by atoms with Gasteiger partial charge in [-0.2, -0.15) is 0 Å². The molecule has 6 nitrogen and oxygen atoms in total. The van der Waals surface area contributed by atoms with Gasteiger partial charge in [0.1, 0.15) is 0 Å². The minimum absolute atomic E-state index is 0.0546. The zero-order valence-corrected chi connectivity index (χ0v) is 16.8. The summed E-state index contributed by atoms with van der Waals surface area (Å²) in [6.07, 6.45) is 1.33. The van der Waals surface area contributed by atoms with Crippen molar-refractivity contribution in [3.8, 4) is 0 Å². The number of hydrogen-bond donors (Lipinski definition) is 1. The van der Waals surface area contributed by atoms with E-state index in [9.17, 15) is 14.4 Å². The molecule has 0 unspecified atom stereocenters. The van der Waals surface area contributed by atoms with Gasteiger partial charge < -0.3 is 15.1 Å². The lowest BCUT2D eigenvalue weighted by Crippen LogP contribution is -2.35. The molecule has 28 heavy (non-hydrogen) atoms. The van der Waals surface area contributed by atoms with Crippen LogP contribution in [0.2, 0.25) is 10.0 Å². The fourth-order valence-corrected chi connectivity index (χ4v) is 3.31. The third-order valence-corrected chi connectivity index (χ3v) is 5.15. The number of halogens is 2. The second-order valence-corrected chi connectivity index (χ2v) is 7.35. The number of likely N-dealkylation sites (N-methyl/N-ethyl adjacent to an activating group) is 1. The van der Waals surface area contributed by atoms with Crippen LogP contribution in [0.5, 0.6) is 0 Å². The molecule has 0 atom stereocenters. The van der Waals surface area contributed by atoms with Crippen LogP contribution >= 0.6 is 23.2 Å². The Balaban J connectivity index is 1.64. The third kappa shape index (κ3) is 4.64. The monoisotopic (exact) mass is 419 g/mol. The van der Waals surface area contributed by atoms with Crippen molar-refractivity contribution < 1.29 is 14.4 Å². The lowest BCUT2D eigenvalue weighted by molar-refractivity contribution is -0.117. The summed E-state index contributed by atoms with van der Waals surface area (Å²) >= 11 is 11.8. The number of rotatable bonds is 5. The third-order valence-electron chi connectivity index (χ3n) is 4.41. The van der Waals surface area contributed by atoms with Gasteiger partial charge in [-0.3, -0.25) is 14.4 Å². The number of carbonyl (C=O) groups is 3. The van der Waals surface area contributed by atoms with Crippen molar-refractivity contribution in [2.45, 2.75) is 12.8 Å². The summed E-state index contributed by atoms with van der Waals surface area (Å²) < 4.78 is 0. The van der Waals surface area contributed by atoms with Gasteiger partial charge in [0.15, 0.2) is 0 Å². The van der Waals surface area contributed by atoms with Crippen molar-refractivity contribution in [3.05, 3.63) is 58.1 Å². The molecule has 1 aliphatic heterocycles. The fourth-order valence-electron chi connectivity index (χ4n) is 3.01. The van der Waals surface area contributed by atoms with Crippen molar-refractivity contribution in [1.29, 1.82) is 0 Å². The summed E-state index contributed by atoms with van der Waals surface area (Å²) in [5.74, 6) is -0.614. The first-order chi connectivity index (χ1) is 13.3. The van der Waals surface area contributed by atoms with Crippen LogP contribution < -0.4 is 10.2 Å². The predicted octanol–water partition coefficient (Wildman–Crippen LogP) is 3.83. The van der Waals surface area contributed by atoms with Crippen LogP contribution in [0.1, 0.15) is 23.2 Å². The van der Waals surface area contributed by atoms with E-state index in [1.165, 1.54) is 4.90 Å². The zero-order chi connectivity index (χ0) is 20.3. The van der Waals surface area contributed by atoms with E-state index in [0.717, 1.165) is 6.42 Å². The topological polar surface area (TPSA) is 69.7 Å². The van der Waals surface area contributed by atoms with Crippen molar-refractivity contribution >= 4 is 52.3 Å². The molecule has 0 aromatic heterocycles. The molecule has 0 saturated carbocycles. The molecule has 3 amide bonds. The Hall–Kier alpha value is -2.57. The van der Waals surface area contributed by atoms with Crippen molar-refractivity contribution in [2.75, 3.05) is 30.4 Å². The van der Waals surface area contributed by atoms with E-state index in [1.54, 1.807) is 54.4 Å². The van der Waals surface area contributed by atoms with Gasteiger partial charge in [0.05, 0.1) is 16.6 Å². The maximum absolute atomic E-state index is 12.7. The maximum atomic E-state index is 12.7. The lowest BCUT2D eigenvalue weighted by atomic mass is 10.1. The number of benzene rings is 2. The molecule has 8 heteroatoms. The standard InChI is InChI=1S/C20H19Cl2N3O3/c1-24(12-18(26)23-14-7-8-16(21)17(22)11-14)20(28)13-4-2-5-15(10-13)25-9-3-6-19(25)27/h2,4-5,7-8,10-11H,3,6,9,12H2,1H3,(H,23,26). The zero-order valence-electron chi connectivity index (χ0n) is 15.2. The van der Waals surface area contributed by atoms with E-state index < -0.39 is 0 Å². The summed E-state index contributed by atoms with van der Waals surface area (Å²) in [5, 5.41) is 3.40. The van der Waals surface area contributed by atoms with E-state index in [0.29, 0.717) is 39.9 Å². The molecular weight excluding hydrogens is 401 g/mol. The van der Waals surface area contributed by atoms with E-state index in [-0.39, 0.29) is 24.3 Å². The van der Waals surface area contributed by atoms with Crippen molar-refractivity contribution in [2.24, 2.45) is 0 Å². The molecule has 0 aliphatic carbocycles. The molecule has 1 aliphatic rings. The highest BCUT2D eigenvalue weighted by molar-refractivity contribution is 6.42. The summed E-state index contributed by atoms with van der Waals surface area (Å²) in [6.45, 7) is 0.518. The van der Waals surface area contributed by atoms with Gasteiger partial charge in [-0.25, -0.2) is 0 Å². The summed E-state index contributed by atoms with van der Waals surface area (Å²) in [7, 11) is 1.55. The Morgan fingerprint density at radius 2 is 1.93 bits per heavy atom. The molecular formula is C20H19Cl2N3O3. The van der Waals surface area contributed by atoms with Gasteiger partial charge in [-0.05, 0) is 42.8 Å². The van der Waals surface area contributed by atoms with Crippen LogP contribution in [0.4, 0.5) is 11.4 Å². The van der Waals surface area contributed by atoms with Crippen molar-refractivity contribution in [3.63, 3.8) is 0 Å². The first-order valence-corrected chi connectivity index (χ1v) is 9.51. The first kappa shape index (κ1) is 20.2. The van der Waals surface area contributed by atoms with Gasteiger partial charge >= 0.3 is 0 Å². The van der Waals surface area contributed by atoms with Gasteiger partial charge in [0, 0.05) is 37.0 Å². The number of amides is 3. The maximum Gasteiger partial charge on any atom is 0.254 e. The Morgan fingerprint density at radius 1 is 1.14 bits per heavy atom. The molecule has 3 rings (SSSR count). The lowest BCUT2D eigenvalue weighted by Gasteiger charge is -2.19. The van der Waals surface area contributed by atoms with Gasteiger partial charge in [0.25, 0.3) is 5.91 Å². The Bertz CT molecular complexity index is 933. The van der Waals surface area contributed by atoms with E-state index in [4.69, 9.17) is 23.2 Å². The van der Waals surface area contributed by atoms with Gasteiger partial charge in [0.2, 0.25) is 11.8 Å². The highest BCUT2D eigenvalue weighted by Gasteiger charge is 2.23. The minimum Gasteiger partial charge on any atom is -0.332 e. The quantitative estimate of drug-likeness (QED) is 0.800. The summed E-state index contributed by atoms with van der Waals surface area (Å²) in [5.41, 5.74) is 1.61. The predicted molar refractivity (Wildman–Crippen MR) is 110 cm³/mol. The van der Waals surface area contributed by atoms with Crippen LogP contribution in [0, 0.1) is 0 Å². The largest absolute Gasteiger partial charge is 0.332 e. The average Bonchev–Trinajstić information content (AvgIpc) is 3.10. The highest BCUT2D eigenvalue weighted by Crippen LogP contribution is 2.25. The normalized spacial score (nSPS) is 13.5. The number of hydrogen-bond acceptors (Lipinski definition) is 3. The highest BCUT2D eigenvalue weighted by atomic mass is 35.5. The van der Waals surface area contributed by atoms with Crippen LogP contribution in [0.15, 0.2) is 42.5 Å². The Morgan fingerprint density at radius 3 is 2.61 bits per heavy atom. The van der Waals surface area contributed by atoms with E-state index in [2.05, 4.69) is 5.32 Å². The molecule has 0 bridgehead atoms. The molecule has 1 heterocycles. The van der Waals surface area contributed by atoms with Gasteiger partial charge in [-0.15, -0.1) is 0 Å². The second-order valence-electron chi connectivity index (χ2n) is 6.54. The average molecular weight is 420 g/mol. The summed E-state index contributed by atoms with van der Waals surface area (Å²) in [4.78, 5) is 39.8. The van der Waals surface area contributed by atoms with Crippen LogP contribution in [-0.2, 0) is 9.59 Å². The Kier molecular flexibility index (Phi) is 6.21. The molecule has 146 valence electrons. The second kappa shape index (κ2) is 8.63. The molecule has 1 N–H and O–H groups in total. The molecule has 1 saturated heterocycles. The van der Waals surface area contributed by atoms with Crippen LogP contribution in [0.25, 0.3) is 0 Å². The van der Waals surface area contributed by atoms with E-state index >= 15 is 0 Å². The van der Waals surface area contributed by atoms with Gasteiger partial charge in [-0.1, -0.05) is 29.3 Å². The number of anilines is 2. The fraction of sp³-hybridized carbons (Fsp3) is 0.250. The van der Waals surface area contributed by atoms with Crippen LogP contribution in [0.3, 0.4) is 0 Å². The number of nitrogens with zero attached hydrogens (tertiary/aromatic N) is 2. The number of carbonyl (C=O) groups excluding carboxylic acids is 3. The molecule has 0 radical (unpaired) electrons. The number of nitrogens with one attached hydrogen (secondary N) is 1. The van der Waals surface area contributed by atoms with Crippen LogP contribution in [-0.4, -0.2) is 42.8 Å². The minimum atomic E-state index is -0.361. The Labute approximate surface area is 173 Å².